The highest BCUT2D eigenvalue weighted by Crippen LogP contribution is 2.08. The molecule has 15 nitrogen and oxygen atoms in total. The largest absolute Gasteiger partial charge is 0.481 e. The molecule has 0 saturated carbocycles. The molecule has 0 aliphatic heterocycles. The summed E-state index contributed by atoms with van der Waals surface area (Å²) in [5.74, 6) is -6.03. The quantitative estimate of drug-likeness (QED) is 0.117. The second kappa shape index (κ2) is 14.4. The zero-order chi connectivity index (χ0) is 27.4. The molecule has 10 N–H and O–H groups in total. The fourth-order valence-corrected chi connectivity index (χ4v) is 3.19. The molecule has 0 radical (unpaired) electrons. The van der Waals surface area contributed by atoms with E-state index in [2.05, 4.69) is 25.9 Å². The van der Waals surface area contributed by atoms with Crippen LogP contribution in [0.25, 0.3) is 0 Å². The van der Waals surface area contributed by atoms with Gasteiger partial charge in [-0.15, -0.1) is 0 Å². The number of carbonyl (C=O) groups excluding carboxylic acids is 4. The number of rotatable bonds is 16. The predicted octanol–water partition coefficient (Wildman–Crippen LogP) is -2.40. The van der Waals surface area contributed by atoms with Gasteiger partial charge in [-0.2, -0.15) is 0 Å². The zero-order valence-electron chi connectivity index (χ0n) is 20.0. The number of hydrogen-bond acceptors (Lipinski definition) is 8. The first-order valence-electron chi connectivity index (χ1n) is 11.2. The minimum atomic E-state index is -1.41. The van der Waals surface area contributed by atoms with Crippen LogP contribution in [0.2, 0.25) is 0 Å². The van der Waals surface area contributed by atoms with Gasteiger partial charge in [0.05, 0.1) is 18.8 Å². The van der Waals surface area contributed by atoms with Crippen LogP contribution >= 0.6 is 0 Å². The maximum Gasteiger partial charge on any atom is 0.326 e. The number of primary amides is 1. The van der Waals surface area contributed by atoms with E-state index in [0.29, 0.717) is 5.69 Å². The Bertz CT molecular complexity index is 935. The third-order valence-corrected chi connectivity index (χ3v) is 4.97. The van der Waals surface area contributed by atoms with Crippen LogP contribution in [0.5, 0.6) is 0 Å². The first kappa shape index (κ1) is 30.0. The first-order chi connectivity index (χ1) is 16.8. The van der Waals surface area contributed by atoms with Crippen LogP contribution in [-0.2, 0) is 35.2 Å². The number of nitrogens with two attached hydrogens (primary N) is 2. The Kier molecular flexibility index (Phi) is 12.0. The summed E-state index contributed by atoms with van der Waals surface area (Å²) in [5, 5.41) is 25.6. The molecule has 0 aliphatic rings. The monoisotopic (exact) mass is 511 g/mol. The van der Waals surface area contributed by atoms with Crippen LogP contribution in [-0.4, -0.2) is 79.9 Å². The molecule has 4 atom stereocenters. The predicted molar refractivity (Wildman–Crippen MR) is 124 cm³/mol. The smallest absolute Gasteiger partial charge is 0.326 e. The van der Waals surface area contributed by atoms with Gasteiger partial charge in [0.25, 0.3) is 0 Å². The van der Waals surface area contributed by atoms with Crippen LogP contribution in [0.15, 0.2) is 12.5 Å². The Balaban J connectivity index is 3.01. The van der Waals surface area contributed by atoms with Gasteiger partial charge in [-0.25, -0.2) is 9.78 Å². The maximum atomic E-state index is 13.0. The molecule has 0 bridgehead atoms. The minimum absolute atomic E-state index is 0.0921. The Morgan fingerprint density at radius 3 is 2.06 bits per heavy atom. The number of nitrogens with one attached hydrogen (secondary N) is 4. The van der Waals surface area contributed by atoms with Crippen molar-refractivity contribution in [1.29, 1.82) is 0 Å². The normalized spacial score (nSPS) is 14.2. The molecule has 15 heteroatoms. The van der Waals surface area contributed by atoms with E-state index in [4.69, 9.17) is 16.6 Å². The van der Waals surface area contributed by atoms with Gasteiger partial charge in [-0.1, -0.05) is 13.8 Å². The number of carbonyl (C=O) groups is 6. The molecular weight excluding hydrogens is 478 g/mol. The Hall–Kier alpha value is -4.01. The number of H-pyrrole nitrogens is 1. The van der Waals surface area contributed by atoms with E-state index in [1.807, 2.05) is 0 Å². The molecule has 1 aromatic rings. The number of carboxylic acids is 2. The van der Waals surface area contributed by atoms with Crippen molar-refractivity contribution in [1.82, 2.24) is 25.9 Å². The molecule has 4 unspecified atom stereocenters. The van der Waals surface area contributed by atoms with Crippen molar-refractivity contribution >= 4 is 35.6 Å². The molecule has 1 heterocycles. The molecule has 4 amide bonds. The van der Waals surface area contributed by atoms with Crippen molar-refractivity contribution in [2.24, 2.45) is 17.4 Å². The lowest BCUT2D eigenvalue weighted by molar-refractivity contribution is -0.143. The van der Waals surface area contributed by atoms with Crippen LogP contribution in [0.1, 0.15) is 45.2 Å². The van der Waals surface area contributed by atoms with Crippen LogP contribution in [0.3, 0.4) is 0 Å². The van der Waals surface area contributed by atoms with Gasteiger partial charge < -0.3 is 42.6 Å². The molecule has 0 aromatic carbocycles. The van der Waals surface area contributed by atoms with Crippen LogP contribution in [0.4, 0.5) is 0 Å². The number of amides is 4. The number of imidazole rings is 1. The maximum absolute atomic E-state index is 13.0. The Morgan fingerprint density at radius 2 is 1.56 bits per heavy atom. The van der Waals surface area contributed by atoms with E-state index in [1.54, 1.807) is 13.8 Å². The van der Waals surface area contributed by atoms with Gasteiger partial charge in [-0.05, 0) is 18.8 Å². The van der Waals surface area contributed by atoms with Crippen molar-refractivity contribution in [2.45, 2.75) is 70.1 Å². The fourth-order valence-electron chi connectivity index (χ4n) is 3.19. The van der Waals surface area contributed by atoms with Gasteiger partial charge in [0.2, 0.25) is 23.6 Å². The van der Waals surface area contributed by atoms with Crippen molar-refractivity contribution in [3.05, 3.63) is 18.2 Å². The van der Waals surface area contributed by atoms with Gasteiger partial charge in [-0.3, -0.25) is 24.0 Å². The molecule has 0 saturated heterocycles. The molecule has 0 spiro atoms. The van der Waals surface area contributed by atoms with E-state index in [1.165, 1.54) is 12.5 Å². The fraction of sp³-hybridized carbons (Fsp3) is 0.571. The van der Waals surface area contributed by atoms with Gasteiger partial charge in [0.15, 0.2) is 0 Å². The topological polar surface area (TPSA) is 260 Å². The van der Waals surface area contributed by atoms with Crippen LogP contribution < -0.4 is 27.4 Å². The summed E-state index contributed by atoms with van der Waals surface area (Å²) >= 11 is 0. The molecule has 200 valence electrons. The summed E-state index contributed by atoms with van der Waals surface area (Å²) in [6, 6.07) is -5.27. The van der Waals surface area contributed by atoms with Crippen molar-refractivity contribution in [3.63, 3.8) is 0 Å². The third-order valence-electron chi connectivity index (χ3n) is 4.97. The molecule has 1 rings (SSSR count). The molecular formula is C21H33N7O8. The number of aromatic nitrogens is 2. The lowest BCUT2D eigenvalue weighted by Gasteiger charge is -2.25. The van der Waals surface area contributed by atoms with Crippen molar-refractivity contribution in [2.75, 3.05) is 0 Å². The van der Waals surface area contributed by atoms with Gasteiger partial charge in [0, 0.05) is 24.7 Å². The highest BCUT2D eigenvalue weighted by atomic mass is 16.4. The SMILES string of the molecule is CC(C)CC(NC(=O)C(N)CC(N)=O)C(=O)NC(CCC(=O)O)C(=O)NC(Cc1cnc[nH]1)C(=O)O. The van der Waals surface area contributed by atoms with Crippen molar-refractivity contribution < 1.29 is 39.0 Å². The summed E-state index contributed by atoms with van der Waals surface area (Å²) in [5.41, 5.74) is 11.1. The molecule has 1 aromatic heterocycles. The molecule has 0 aliphatic carbocycles. The first-order valence-corrected chi connectivity index (χ1v) is 11.2. The number of nitrogens with zero attached hydrogens (tertiary/aromatic N) is 1. The summed E-state index contributed by atoms with van der Waals surface area (Å²) < 4.78 is 0. The molecule has 36 heavy (non-hydrogen) atoms. The Labute approximate surface area is 206 Å². The number of carboxylic acid groups (broad SMARTS) is 2. The standard InChI is InChI=1S/C21H33N7O8/c1-10(2)5-14(27-18(32)12(22)7-16(23)29)20(34)26-13(3-4-17(30)31)19(33)28-15(21(35)36)6-11-8-24-9-25-11/h8-10,12-15H,3-7,22H2,1-2H3,(H2,23,29)(H,24,25)(H,26,34)(H,27,32)(H,28,33)(H,30,31)(H,35,36). The van der Waals surface area contributed by atoms with Crippen LogP contribution in [0, 0.1) is 5.92 Å². The summed E-state index contributed by atoms with van der Waals surface area (Å²) in [6.45, 7) is 3.55. The highest BCUT2D eigenvalue weighted by Gasteiger charge is 2.31. The number of hydrogen-bond donors (Lipinski definition) is 8. The zero-order valence-corrected chi connectivity index (χ0v) is 20.0. The minimum Gasteiger partial charge on any atom is -0.481 e. The Morgan fingerprint density at radius 1 is 0.972 bits per heavy atom. The van der Waals surface area contributed by atoms with Gasteiger partial charge >= 0.3 is 11.9 Å². The molecule has 0 fully saturated rings. The summed E-state index contributed by atoms with van der Waals surface area (Å²) in [7, 11) is 0. The van der Waals surface area contributed by atoms with E-state index in [0.717, 1.165) is 0 Å². The number of aromatic amines is 1. The highest BCUT2D eigenvalue weighted by molar-refractivity contribution is 5.95. The van der Waals surface area contributed by atoms with E-state index in [-0.39, 0.29) is 25.2 Å². The van der Waals surface area contributed by atoms with Crippen molar-refractivity contribution in [3.8, 4) is 0 Å². The lowest BCUT2D eigenvalue weighted by atomic mass is 10.0. The van der Waals surface area contributed by atoms with Gasteiger partial charge in [0.1, 0.15) is 18.1 Å². The third kappa shape index (κ3) is 10.9. The average Bonchev–Trinajstić information content (AvgIpc) is 3.27. The summed E-state index contributed by atoms with van der Waals surface area (Å²) in [6.07, 6.45) is 1.43. The average molecular weight is 512 g/mol. The van der Waals surface area contributed by atoms with E-state index < -0.39 is 72.6 Å². The lowest BCUT2D eigenvalue weighted by Crippen LogP contribution is -2.57. The van der Waals surface area contributed by atoms with E-state index >= 15 is 0 Å². The number of aliphatic carboxylic acids is 2. The second-order valence-corrected chi connectivity index (χ2v) is 8.64. The van der Waals surface area contributed by atoms with E-state index in [9.17, 15) is 33.9 Å². The summed E-state index contributed by atoms with van der Waals surface area (Å²) in [4.78, 5) is 78.4. The second-order valence-electron chi connectivity index (χ2n) is 8.64.